The maximum Gasteiger partial charge on any atom is 0.0967 e. The van der Waals surface area contributed by atoms with Crippen molar-refractivity contribution in [3.63, 3.8) is 0 Å². The molecule has 1 saturated carbocycles. The first-order valence-corrected chi connectivity index (χ1v) is 6.13. The van der Waals surface area contributed by atoms with Gasteiger partial charge in [0.05, 0.1) is 17.9 Å². The molecule has 15 heavy (non-hydrogen) atoms. The zero-order valence-corrected chi connectivity index (χ0v) is 10.3. The lowest BCUT2D eigenvalue weighted by Gasteiger charge is -2.38. The van der Waals surface area contributed by atoms with E-state index in [-0.39, 0.29) is 0 Å². The third kappa shape index (κ3) is 1.89. The summed E-state index contributed by atoms with van der Waals surface area (Å²) in [5.41, 5.74) is 0. The standard InChI is InChI=1S/C12H23N3/c1-8(2)15-9(3)14-11-6-5-10(13-4)7-12(11)15/h8,10-13H,5-7H2,1-4H3. The van der Waals surface area contributed by atoms with Gasteiger partial charge in [-0.3, -0.25) is 4.99 Å². The maximum absolute atomic E-state index is 4.80. The number of aliphatic imine (C=N–C) groups is 1. The molecular weight excluding hydrogens is 186 g/mol. The van der Waals surface area contributed by atoms with Crippen LogP contribution in [-0.2, 0) is 0 Å². The third-order valence-corrected chi connectivity index (χ3v) is 3.83. The summed E-state index contributed by atoms with van der Waals surface area (Å²) in [6.07, 6.45) is 3.78. The van der Waals surface area contributed by atoms with E-state index in [0.717, 1.165) is 0 Å². The van der Waals surface area contributed by atoms with Crippen LogP contribution >= 0.6 is 0 Å². The van der Waals surface area contributed by atoms with Crippen LogP contribution in [0.3, 0.4) is 0 Å². The zero-order valence-electron chi connectivity index (χ0n) is 10.3. The Labute approximate surface area is 92.9 Å². The number of amidine groups is 1. The van der Waals surface area contributed by atoms with E-state index in [1.807, 2.05) is 0 Å². The van der Waals surface area contributed by atoms with Crippen molar-refractivity contribution in [1.82, 2.24) is 10.2 Å². The van der Waals surface area contributed by atoms with Crippen LogP contribution in [0.5, 0.6) is 0 Å². The number of nitrogens with zero attached hydrogens (tertiary/aromatic N) is 2. The van der Waals surface area contributed by atoms with Crippen LogP contribution in [0.25, 0.3) is 0 Å². The summed E-state index contributed by atoms with van der Waals surface area (Å²) in [5.74, 6) is 1.25. The lowest BCUT2D eigenvalue weighted by atomic mass is 9.86. The van der Waals surface area contributed by atoms with E-state index < -0.39 is 0 Å². The lowest BCUT2D eigenvalue weighted by molar-refractivity contribution is 0.189. The SMILES string of the molecule is CNC1CCC2N=C(C)N(C(C)C)C2C1. The van der Waals surface area contributed by atoms with E-state index >= 15 is 0 Å². The second kappa shape index (κ2) is 4.12. The Kier molecular flexibility index (Phi) is 3.01. The first kappa shape index (κ1) is 10.9. The van der Waals surface area contributed by atoms with Crippen LogP contribution in [-0.4, -0.2) is 42.0 Å². The number of rotatable bonds is 2. The van der Waals surface area contributed by atoms with Gasteiger partial charge >= 0.3 is 0 Å². The van der Waals surface area contributed by atoms with Crippen LogP contribution in [0.2, 0.25) is 0 Å². The Hall–Kier alpha value is -0.570. The van der Waals surface area contributed by atoms with Gasteiger partial charge in [0.1, 0.15) is 0 Å². The Morgan fingerprint density at radius 1 is 1.40 bits per heavy atom. The van der Waals surface area contributed by atoms with Crippen LogP contribution < -0.4 is 5.32 Å². The molecule has 3 unspecified atom stereocenters. The topological polar surface area (TPSA) is 27.6 Å². The Morgan fingerprint density at radius 3 is 2.73 bits per heavy atom. The van der Waals surface area contributed by atoms with Gasteiger partial charge in [0.2, 0.25) is 0 Å². The number of hydrogen-bond donors (Lipinski definition) is 1. The number of hydrogen-bond acceptors (Lipinski definition) is 3. The van der Waals surface area contributed by atoms with Crippen LogP contribution in [0.15, 0.2) is 4.99 Å². The van der Waals surface area contributed by atoms with Gasteiger partial charge in [0.15, 0.2) is 0 Å². The predicted octanol–water partition coefficient (Wildman–Crippen LogP) is 1.64. The summed E-state index contributed by atoms with van der Waals surface area (Å²) in [5, 5.41) is 3.41. The molecule has 1 N–H and O–H groups in total. The minimum atomic E-state index is 0.567. The van der Waals surface area contributed by atoms with Gasteiger partial charge in [-0.05, 0) is 47.1 Å². The van der Waals surface area contributed by atoms with Gasteiger partial charge < -0.3 is 10.2 Å². The molecule has 3 nitrogen and oxygen atoms in total. The van der Waals surface area contributed by atoms with Gasteiger partial charge in [0.25, 0.3) is 0 Å². The maximum atomic E-state index is 4.80. The van der Waals surface area contributed by atoms with Crippen molar-refractivity contribution < 1.29 is 0 Å². The zero-order chi connectivity index (χ0) is 11.0. The second-order valence-corrected chi connectivity index (χ2v) is 5.11. The van der Waals surface area contributed by atoms with E-state index in [2.05, 4.69) is 38.0 Å². The van der Waals surface area contributed by atoms with Crippen molar-refractivity contribution in [3.8, 4) is 0 Å². The monoisotopic (exact) mass is 209 g/mol. The van der Waals surface area contributed by atoms with E-state index in [9.17, 15) is 0 Å². The fourth-order valence-electron chi connectivity index (χ4n) is 3.15. The molecule has 86 valence electrons. The van der Waals surface area contributed by atoms with Crippen LogP contribution in [0, 0.1) is 0 Å². The molecule has 3 heteroatoms. The van der Waals surface area contributed by atoms with Gasteiger partial charge in [0, 0.05) is 12.1 Å². The Morgan fingerprint density at radius 2 is 2.13 bits per heavy atom. The van der Waals surface area contributed by atoms with E-state index in [1.165, 1.54) is 25.1 Å². The summed E-state index contributed by atoms with van der Waals surface area (Å²) in [7, 11) is 2.08. The molecule has 0 bridgehead atoms. The molecule has 0 aromatic carbocycles. The number of fused-ring (bicyclic) bond motifs is 1. The molecule has 1 fully saturated rings. The van der Waals surface area contributed by atoms with Gasteiger partial charge in [-0.25, -0.2) is 0 Å². The summed E-state index contributed by atoms with van der Waals surface area (Å²) in [4.78, 5) is 7.30. The molecule has 1 aliphatic heterocycles. The molecule has 0 aromatic rings. The van der Waals surface area contributed by atoms with Crippen molar-refractivity contribution in [2.45, 2.75) is 64.2 Å². The molecule has 0 radical (unpaired) electrons. The van der Waals surface area contributed by atoms with E-state index in [4.69, 9.17) is 4.99 Å². The average molecular weight is 209 g/mol. The van der Waals surface area contributed by atoms with E-state index in [1.54, 1.807) is 0 Å². The highest BCUT2D eigenvalue weighted by molar-refractivity contribution is 5.82. The minimum Gasteiger partial charge on any atom is -0.353 e. The summed E-state index contributed by atoms with van der Waals surface area (Å²) >= 11 is 0. The molecule has 2 aliphatic rings. The van der Waals surface area contributed by atoms with Crippen molar-refractivity contribution in [2.24, 2.45) is 4.99 Å². The smallest absolute Gasteiger partial charge is 0.0967 e. The first-order valence-electron chi connectivity index (χ1n) is 6.13. The van der Waals surface area contributed by atoms with Gasteiger partial charge in [-0.2, -0.15) is 0 Å². The second-order valence-electron chi connectivity index (χ2n) is 5.11. The van der Waals surface area contributed by atoms with Crippen LogP contribution in [0.4, 0.5) is 0 Å². The minimum absolute atomic E-state index is 0.567. The lowest BCUT2D eigenvalue weighted by Crippen LogP contribution is -2.49. The van der Waals surface area contributed by atoms with Crippen molar-refractivity contribution >= 4 is 5.84 Å². The molecule has 0 aromatic heterocycles. The molecule has 0 spiro atoms. The molecule has 1 heterocycles. The Bertz CT molecular complexity index is 260. The van der Waals surface area contributed by atoms with Crippen molar-refractivity contribution in [2.75, 3.05) is 7.05 Å². The Balaban J connectivity index is 2.11. The highest BCUT2D eigenvalue weighted by Gasteiger charge is 2.39. The van der Waals surface area contributed by atoms with Gasteiger partial charge in [-0.1, -0.05) is 0 Å². The molecule has 1 aliphatic carbocycles. The number of nitrogens with one attached hydrogen (secondary N) is 1. The predicted molar refractivity (Wildman–Crippen MR) is 64.4 cm³/mol. The summed E-state index contributed by atoms with van der Waals surface area (Å²) in [6.45, 7) is 6.70. The molecular formula is C12H23N3. The highest BCUT2D eigenvalue weighted by Crippen LogP contribution is 2.32. The van der Waals surface area contributed by atoms with Crippen molar-refractivity contribution in [3.05, 3.63) is 0 Å². The normalized spacial score (nSPS) is 35.7. The molecule has 3 atom stereocenters. The van der Waals surface area contributed by atoms with Gasteiger partial charge in [-0.15, -0.1) is 0 Å². The fourth-order valence-corrected chi connectivity index (χ4v) is 3.15. The molecule has 2 rings (SSSR count). The first-order chi connectivity index (χ1) is 7.13. The van der Waals surface area contributed by atoms with E-state index in [0.29, 0.717) is 24.2 Å². The average Bonchev–Trinajstić information content (AvgIpc) is 2.52. The third-order valence-electron chi connectivity index (χ3n) is 3.83. The van der Waals surface area contributed by atoms with Crippen molar-refractivity contribution in [1.29, 1.82) is 0 Å². The molecule has 0 saturated heterocycles. The summed E-state index contributed by atoms with van der Waals surface area (Å²) < 4.78 is 0. The highest BCUT2D eigenvalue weighted by atomic mass is 15.3. The largest absolute Gasteiger partial charge is 0.353 e. The summed E-state index contributed by atoms with van der Waals surface area (Å²) in [6, 6.07) is 2.49. The molecule has 0 amide bonds. The quantitative estimate of drug-likeness (QED) is 0.748. The fraction of sp³-hybridized carbons (Fsp3) is 0.917. The van der Waals surface area contributed by atoms with Crippen LogP contribution in [0.1, 0.15) is 40.0 Å².